The monoisotopic (exact) mass is 384 g/mol. The smallest absolute Gasteiger partial charge is 0.258 e. The average Bonchev–Trinajstić information content (AvgIpc) is 3.38. The van der Waals surface area contributed by atoms with Crippen LogP contribution in [0.4, 0.5) is 24.5 Å². The van der Waals surface area contributed by atoms with E-state index in [1.54, 1.807) is 12.1 Å². The summed E-state index contributed by atoms with van der Waals surface area (Å²) in [6, 6.07) is 7.38. The van der Waals surface area contributed by atoms with E-state index in [0.29, 0.717) is 18.9 Å². The minimum atomic E-state index is -3.60. The van der Waals surface area contributed by atoms with E-state index in [9.17, 15) is 26.4 Å². The molecular formula is C17H15F3N2O3S. The highest BCUT2D eigenvalue weighted by Gasteiger charge is 2.36. The fourth-order valence-corrected chi connectivity index (χ4v) is 3.89. The molecule has 2 aromatic rings. The Balaban J connectivity index is 1.97. The van der Waals surface area contributed by atoms with Crippen LogP contribution in [-0.4, -0.2) is 26.6 Å². The summed E-state index contributed by atoms with van der Waals surface area (Å²) in [6.45, 7) is 0. The predicted molar refractivity (Wildman–Crippen MR) is 91.1 cm³/mol. The number of benzene rings is 2. The SMILES string of the molecule is CS(=O)(=O)N(c1ccccc1NC(=O)c1ccc(F)c(F)c1F)C1CC1. The maximum atomic E-state index is 13.8. The third-order valence-electron chi connectivity index (χ3n) is 3.91. The van der Waals surface area contributed by atoms with Crippen molar-refractivity contribution in [3.63, 3.8) is 0 Å². The molecule has 9 heteroatoms. The molecule has 0 atom stereocenters. The molecule has 138 valence electrons. The predicted octanol–water partition coefficient (Wildman–Crippen LogP) is 3.28. The topological polar surface area (TPSA) is 66.5 Å². The van der Waals surface area contributed by atoms with Gasteiger partial charge in [-0.15, -0.1) is 0 Å². The van der Waals surface area contributed by atoms with Gasteiger partial charge in [-0.25, -0.2) is 21.6 Å². The fraction of sp³-hybridized carbons (Fsp3) is 0.235. The second kappa shape index (κ2) is 6.64. The van der Waals surface area contributed by atoms with Crippen LogP contribution in [0, 0.1) is 17.5 Å². The molecule has 26 heavy (non-hydrogen) atoms. The number of para-hydroxylation sites is 2. The number of hydrogen-bond donors (Lipinski definition) is 1. The van der Waals surface area contributed by atoms with E-state index < -0.39 is 38.9 Å². The summed E-state index contributed by atoms with van der Waals surface area (Å²) in [5.41, 5.74) is -0.330. The van der Waals surface area contributed by atoms with E-state index >= 15 is 0 Å². The van der Waals surface area contributed by atoms with Crippen molar-refractivity contribution in [1.29, 1.82) is 0 Å². The summed E-state index contributed by atoms with van der Waals surface area (Å²) in [7, 11) is -3.60. The molecule has 0 aliphatic heterocycles. The summed E-state index contributed by atoms with van der Waals surface area (Å²) in [6.07, 6.45) is 2.43. The maximum absolute atomic E-state index is 13.8. The van der Waals surface area contributed by atoms with Crippen LogP contribution in [0.3, 0.4) is 0 Å². The summed E-state index contributed by atoms with van der Waals surface area (Å²) in [5.74, 6) is -5.78. The fourth-order valence-electron chi connectivity index (χ4n) is 2.62. The number of amides is 1. The van der Waals surface area contributed by atoms with Gasteiger partial charge in [0.25, 0.3) is 5.91 Å². The van der Waals surface area contributed by atoms with Crippen molar-refractivity contribution in [2.75, 3.05) is 15.9 Å². The van der Waals surface area contributed by atoms with E-state index in [2.05, 4.69) is 5.32 Å². The second-order valence-corrected chi connectivity index (χ2v) is 7.84. The number of rotatable bonds is 5. The number of sulfonamides is 1. The van der Waals surface area contributed by atoms with E-state index in [-0.39, 0.29) is 17.4 Å². The molecule has 1 N–H and O–H groups in total. The van der Waals surface area contributed by atoms with Crippen LogP contribution in [-0.2, 0) is 10.0 Å². The Morgan fingerprint density at radius 1 is 1.08 bits per heavy atom. The van der Waals surface area contributed by atoms with Crippen molar-refractivity contribution in [2.45, 2.75) is 18.9 Å². The first kappa shape index (κ1) is 18.2. The number of halogens is 3. The quantitative estimate of drug-likeness (QED) is 0.805. The van der Waals surface area contributed by atoms with Gasteiger partial charge in [0.05, 0.1) is 23.2 Å². The molecule has 0 spiro atoms. The third kappa shape index (κ3) is 3.52. The van der Waals surface area contributed by atoms with E-state index in [1.807, 2.05) is 0 Å². The van der Waals surface area contributed by atoms with Gasteiger partial charge in [0.15, 0.2) is 17.5 Å². The van der Waals surface area contributed by atoms with Gasteiger partial charge in [-0.1, -0.05) is 12.1 Å². The van der Waals surface area contributed by atoms with Crippen LogP contribution in [0.15, 0.2) is 36.4 Å². The Morgan fingerprint density at radius 2 is 1.73 bits per heavy atom. The minimum absolute atomic E-state index is 0.124. The van der Waals surface area contributed by atoms with E-state index in [4.69, 9.17) is 0 Å². The Labute approximate surface area is 148 Å². The zero-order valence-electron chi connectivity index (χ0n) is 13.7. The van der Waals surface area contributed by atoms with Crippen molar-refractivity contribution >= 4 is 27.3 Å². The zero-order chi connectivity index (χ0) is 19.1. The lowest BCUT2D eigenvalue weighted by molar-refractivity contribution is 0.102. The van der Waals surface area contributed by atoms with Crippen LogP contribution < -0.4 is 9.62 Å². The van der Waals surface area contributed by atoms with Gasteiger partial charge in [0.1, 0.15) is 0 Å². The molecule has 1 aliphatic rings. The lowest BCUT2D eigenvalue weighted by atomic mass is 10.1. The molecule has 2 aromatic carbocycles. The molecule has 3 rings (SSSR count). The second-order valence-electron chi connectivity index (χ2n) is 5.98. The molecule has 0 aromatic heterocycles. The van der Waals surface area contributed by atoms with Gasteiger partial charge in [-0.05, 0) is 37.1 Å². The van der Waals surface area contributed by atoms with E-state index in [1.165, 1.54) is 16.4 Å². The Kier molecular flexibility index (Phi) is 4.66. The van der Waals surface area contributed by atoms with Gasteiger partial charge in [0, 0.05) is 6.04 Å². The van der Waals surface area contributed by atoms with Crippen molar-refractivity contribution in [3.8, 4) is 0 Å². The average molecular weight is 384 g/mol. The standard InChI is InChI=1S/C17H15F3N2O3S/c1-26(24,25)22(10-6-7-10)14-5-3-2-4-13(14)21-17(23)11-8-9-12(18)16(20)15(11)19/h2-5,8-10H,6-7H2,1H3,(H,21,23). The Bertz CT molecular complexity index is 975. The lowest BCUT2D eigenvalue weighted by Gasteiger charge is -2.24. The first-order chi connectivity index (χ1) is 12.2. The number of anilines is 2. The highest BCUT2D eigenvalue weighted by molar-refractivity contribution is 7.92. The molecule has 0 radical (unpaired) electrons. The first-order valence-electron chi connectivity index (χ1n) is 7.73. The minimum Gasteiger partial charge on any atom is -0.320 e. The van der Waals surface area contributed by atoms with Crippen LogP contribution in [0.2, 0.25) is 0 Å². The zero-order valence-corrected chi connectivity index (χ0v) is 14.5. The van der Waals surface area contributed by atoms with Crippen LogP contribution in [0.5, 0.6) is 0 Å². The first-order valence-corrected chi connectivity index (χ1v) is 9.58. The van der Waals surface area contributed by atoms with Crippen LogP contribution in [0.25, 0.3) is 0 Å². The van der Waals surface area contributed by atoms with E-state index in [0.717, 1.165) is 12.3 Å². The summed E-state index contributed by atoms with van der Waals surface area (Å²) in [5, 5.41) is 2.38. The maximum Gasteiger partial charge on any atom is 0.258 e. The van der Waals surface area contributed by atoms with Crippen molar-refractivity contribution in [2.24, 2.45) is 0 Å². The molecule has 0 unspecified atom stereocenters. The Hall–Kier alpha value is -2.55. The normalized spacial score (nSPS) is 14.2. The van der Waals surface area contributed by atoms with Gasteiger partial charge >= 0.3 is 0 Å². The van der Waals surface area contributed by atoms with Crippen LogP contribution in [0.1, 0.15) is 23.2 Å². The molecular weight excluding hydrogens is 369 g/mol. The van der Waals surface area contributed by atoms with Crippen LogP contribution >= 0.6 is 0 Å². The molecule has 1 saturated carbocycles. The summed E-state index contributed by atoms with van der Waals surface area (Å²) < 4.78 is 65.6. The van der Waals surface area contributed by atoms with Crippen molar-refractivity contribution in [1.82, 2.24) is 0 Å². The molecule has 1 amide bonds. The van der Waals surface area contributed by atoms with Crippen molar-refractivity contribution in [3.05, 3.63) is 59.4 Å². The highest BCUT2D eigenvalue weighted by atomic mass is 32.2. The van der Waals surface area contributed by atoms with Gasteiger partial charge in [-0.2, -0.15) is 0 Å². The van der Waals surface area contributed by atoms with Gasteiger partial charge in [0.2, 0.25) is 10.0 Å². The molecule has 1 fully saturated rings. The number of carbonyl (C=O) groups is 1. The van der Waals surface area contributed by atoms with Gasteiger partial charge < -0.3 is 5.32 Å². The number of nitrogens with zero attached hydrogens (tertiary/aromatic N) is 1. The molecule has 5 nitrogen and oxygen atoms in total. The summed E-state index contributed by atoms with van der Waals surface area (Å²) in [4.78, 5) is 12.3. The number of carbonyl (C=O) groups excluding carboxylic acids is 1. The van der Waals surface area contributed by atoms with Crippen molar-refractivity contribution < 1.29 is 26.4 Å². The molecule has 0 bridgehead atoms. The molecule has 1 aliphatic carbocycles. The largest absolute Gasteiger partial charge is 0.320 e. The molecule has 0 saturated heterocycles. The third-order valence-corrected chi connectivity index (χ3v) is 5.11. The highest BCUT2D eigenvalue weighted by Crippen LogP contribution is 2.37. The van der Waals surface area contributed by atoms with Gasteiger partial charge in [-0.3, -0.25) is 9.10 Å². The lowest BCUT2D eigenvalue weighted by Crippen LogP contribution is -2.33. The Morgan fingerprint density at radius 3 is 2.35 bits per heavy atom. The summed E-state index contributed by atoms with van der Waals surface area (Å²) >= 11 is 0. The number of hydrogen-bond acceptors (Lipinski definition) is 3. The molecule has 0 heterocycles. The number of nitrogens with one attached hydrogen (secondary N) is 1.